The summed E-state index contributed by atoms with van der Waals surface area (Å²) in [5, 5.41) is 2.87. The zero-order valence-corrected chi connectivity index (χ0v) is 14.9. The highest BCUT2D eigenvalue weighted by molar-refractivity contribution is 5.96. The van der Waals surface area contributed by atoms with Crippen LogP contribution in [0.25, 0.3) is 0 Å². The molecule has 0 aliphatic rings. The summed E-state index contributed by atoms with van der Waals surface area (Å²) in [5.74, 6) is -0.397. The highest BCUT2D eigenvalue weighted by atomic mass is 16.2. The van der Waals surface area contributed by atoms with Gasteiger partial charge >= 0.3 is 0 Å². The molecule has 2 amide bonds. The minimum atomic E-state index is -0.248. The van der Waals surface area contributed by atoms with Crippen LogP contribution in [0.15, 0.2) is 48.5 Å². The first-order chi connectivity index (χ1) is 12.2. The van der Waals surface area contributed by atoms with E-state index in [-0.39, 0.29) is 17.5 Å². The van der Waals surface area contributed by atoms with Gasteiger partial charge in [-0.1, -0.05) is 36.4 Å². The number of carbonyl (C=O) groups excluding carboxylic acids is 2. The molecule has 0 aliphatic heterocycles. The summed E-state index contributed by atoms with van der Waals surface area (Å²) < 4.78 is 0. The van der Waals surface area contributed by atoms with Gasteiger partial charge in [-0.15, -0.1) is 0 Å². The molecular weight excluding hydrogens is 314 g/mol. The predicted molar refractivity (Wildman–Crippen MR) is 98.6 cm³/mol. The molecule has 132 valence electrons. The van der Waals surface area contributed by atoms with Crippen molar-refractivity contribution in [2.24, 2.45) is 0 Å². The average molecular weight is 339 g/mol. The van der Waals surface area contributed by atoms with Crippen molar-refractivity contribution >= 4 is 11.8 Å². The zero-order valence-electron chi connectivity index (χ0n) is 14.9. The first kappa shape index (κ1) is 18.6. The van der Waals surface area contributed by atoms with Crippen LogP contribution in [0.5, 0.6) is 0 Å². The maximum absolute atomic E-state index is 12.3. The van der Waals surface area contributed by atoms with Crippen LogP contribution >= 0.6 is 0 Å². The molecule has 0 aliphatic carbocycles. The Hall–Kier alpha value is -2.69. The molecule has 0 atom stereocenters. The van der Waals surface area contributed by atoms with E-state index in [4.69, 9.17) is 0 Å². The van der Waals surface area contributed by atoms with Gasteiger partial charge in [0.1, 0.15) is 11.4 Å². The Balaban J connectivity index is 1.89. The van der Waals surface area contributed by atoms with Crippen LogP contribution in [0.1, 0.15) is 46.8 Å². The summed E-state index contributed by atoms with van der Waals surface area (Å²) in [4.78, 5) is 30.5. The Morgan fingerprint density at radius 1 is 0.960 bits per heavy atom. The third-order valence-electron chi connectivity index (χ3n) is 4.02. The first-order valence-corrected chi connectivity index (χ1v) is 8.74. The van der Waals surface area contributed by atoms with E-state index in [1.165, 1.54) is 5.56 Å². The highest BCUT2D eigenvalue weighted by Gasteiger charge is 2.16. The second-order valence-electron chi connectivity index (χ2n) is 5.73. The molecule has 0 unspecified atom stereocenters. The Morgan fingerprint density at radius 2 is 1.64 bits per heavy atom. The minimum Gasteiger partial charge on any atom is -0.351 e. The molecule has 2 aromatic rings. The van der Waals surface area contributed by atoms with Crippen molar-refractivity contribution in [3.05, 3.63) is 65.5 Å². The molecule has 0 saturated heterocycles. The van der Waals surface area contributed by atoms with Gasteiger partial charge in [0.05, 0.1) is 0 Å². The largest absolute Gasteiger partial charge is 0.351 e. The van der Waals surface area contributed by atoms with Crippen molar-refractivity contribution in [3.63, 3.8) is 0 Å². The van der Waals surface area contributed by atoms with Gasteiger partial charge in [-0.2, -0.15) is 0 Å². The number of nitrogens with zero attached hydrogens (tertiary/aromatic N) is 2. The van der Waals surface area contributed by atoms with E-state index in [1.807, 2.05) is 32.0 Å². The summed E-state index contributed by atoms with van der Waals surface area (Å²) in [6, 6.07) is 15.1. The van der Waals surface area contributed by atoms with Crippen molar-refractivity contribution in [2.45, 2.75) is 26.7 Å². The van der Waals surface area contributed by atoms with E-state index in [9.17, 15) is 9.59 Å². The molecule has 1 aromatic heterocycles. The number of nitrogens with one attached hydrogen (secondary N) is 1. The van der Waals surface area contributed by atoms with Crippen molar-refractivity contribution in [2.75, 3.05) is 19.6 Å². The fraction of sp³-hybridized carbons (Fsp3) is 0.350. The van der Waals surface area contributed by atoms with E-state index in [1.54, 1.807) is 23.1 Å². The van der Waals surface area contributed by atoms with Crippen LogP contribution in [0.4, 0.5) is 0 Å². The quantitative estimate of drug-likeness (QED) is 0.752. The fourth-order valence-electron chi connectivity index (χ4n) is 2.58. The van der Waals surface area contributed by atoms with Gasteiger partial charge in [0.15, 0.2) is 0 Å². The Kier molecular flexibility index (Phi) is 7.14. The van der Waals surface area contributed by atoms with Crippen LogP contribution in [-0.4, -0.2) is 41.3 Å². The van der Waals surface area contributed by atoms with Gasteiger partial charge in [0.2, 0.25) is 0 Å². The monoisotopic (exact) mass is 339 g/mol. The van der Waals surface area contributed by atoms with Crippen LogP contribution in [0.2, 0.25) is 0 Å². The number of aryl methyl sites for hydroxylation is 1. The Morgan fingerprint density at radius 3 is 2.32 bits per heavy atom. The van der Waals surface area contributed by atoms with E-state index < -0.39 is 0 Å². The maximum Gasteiger partial charge on any atom is 0.272 e. The molecule has 0 fully saturated rings. The maximum atomic E-state index is 12.3. The van der Waals surface area contributed by atoms with Gasteiger partial charge in [0.25, 0.3) is 11.8 Å². The topological polar surface area (TPSA) is 62.3 Å². The average Bonchev–Trinajstić information content (AvgIpc) is 2.67. The van der Waals surface area contributed by atoms with Gasteiger partial charge in [-0.05, 0) is 44.4 Å². The van der Waals surface area contributed by atoms with Crippen LogP contribution < -0.4 is 5.32 Å². The first-order valence-electron chi connectivity index (χ1n) is 8.74. The summed E-state index contributed by atoms with van der Waals surface area (Å²) >= 11 is 0. The number of rotatable bonds is 8. The third kappa shape index (κ3) is 5.41. The van der Waals surface area contributed by atoms with Gasteiger partial charge in [0, 0.05) is 19.6 Å². The van der Waals surface area contributed by atoms with Crippen LogP contribution in [-0.2, 0) is 6.42 Å². The molecule has 25 heavy (non-hydrogen) atoms. The van der Waals surface area contributed by atoms with E-state index in [0.717, 1.165) is 12.8 Å². The molecule has 1 N–H and O–H groups in total. The molecule has 1 aromatic carbocycles. The fourth-order valence-corrected chi connectivity index (χ4v) is 2.58. The van der Waals surface area contributed by atoms with Gasteiger partial charge in [-0.25, -0.2) is 4.98 Å². The smallest absolute Gasteiger partial charge is 0.272 e. The molecule has 2 rings (SSSR count). The van der Waals surface area contributed by atoms with Crippen LogP contribution in [0, 0.1) is 0 Å². The zero-order chi connectivity index (χ0) is 18.1. The second-order valence-corrected chi connectivity index (χ2v) is 5.73. The molecule has 5 heteroatoms. The summed E-state index contributed by atoms with van der Waals surface area (Å²) in [6.07, 6.45) is 1.77. The Labute approximate surface area is 149 Å². The molecule has 0 spiro atoms. The van der Waals surface area contributed by atoms with E-state index in [2.05, 4.69) is 22.4 Å². The highest BCUT2D eigenvalue weighted by Crippen LogP contribution is 2.05. The summed E-state index contributed by atoms with van der Waals surface area (Å²) in [7, 11) is 0. The standard InChI is InChI=1S/C20H25N3O2/c1-3-23(4-2)20(25)18-14-8-13-17(22-18)19(24)21-15-9-12-16-10-6-5-7-11-16/h5-8,10-11,13-14H,3-4,9,12,15H2,1-2H3,(H,21,24). The number of aromatic nitrogens is 1. The molecule has 0 saturated carbocycles. The lowest BCUT2D eigenvalue weighted by Gasteiger charge is -2.18. The molecule has 0 bridgehead atoms. The van der Waals surface area contributed by atoms with Crippen molar-refractivity contribution in [3.8, 4) is 0 Å². The van der Waals surface area contributed by atoms with Crippen molar-refractivity contribution in [1.29, 1.82) is 0 Å². The van der Waals surface area contributed by atoms with Crippen molar-refractivity contribution in [1.82, 2.24) is 15.2 Å². The molecule has 0 radical (unpaired) electrons. The van der Waals surface area contributed by atoms with Crippen molar-refractivity contribution < 1.29 is 9.59 Å². The molecule has 5 nitrogen and oxygen atoms in total. The molecular formula is C20H25N3O2. The second kappa shape index (κ2) is 9.57. The number of benzene rings is 1. The lowest BCUT2D eigenvalue weighted by atomic mass is 10.1. The number of hydrogen-bond donors (Lipinski definition) is 1. The van der Waals surface area contributed by atoms with E-state index >= 15 is 0 Å². The number of amides is 2. The number of carbonyl (C=O) groups is 2. The van der Waals surface area contributed by atoms with E-state index in [0.29, 0.717) is 25.3 Å². The number of hydrogen-bond acceptors (Lipinski definition) is 3. The van der Waals surface area contributed by atoms with Gasteiger partial charge in [-0.3, -0.25) is 9.59 Å². The third-order valence-corrected chi connectivity index (χ3v) is 4.02. The van der Waals surface area contributed by atoms with Gasteiger partial charge < -0.3 is 10.2 Å². The lowest BCUT2D eigenvalue weighted by Crippen LogP contribution is -2.32. The Bertz CT molecular complexity index is 697. The lowest BCUT2D eigenvalue weighted by molar-refractivity contribution is 0.0767. The summed E-state index contributed by atoms with van der Waals surface area (Å²) in [6.45, 7) is 5.65. The predicted octanol–water partition coefficient (Wildman–Crippen LogP) is 2.93. The summed E-state index contributed by atoms with van der Waals surface area (Å²) in [5.41, 5.74) is 1.83. The minimum absolute atomic E-state index is 0.149. The normalized spacial score (nSPS) is 10.3. The SMILES string of the molecule is CCN(CC)C(=O)c1cccc(C(=O)NCCCc2ccccc2)n1. The van der Waals surface area contributed by atoms with Crippen LogP contribution in [0.3, 0.4) is 0 Å². The molecule has 1 heterocycles. The number of pyridine rings is 1.